The summed E-state index contributed by atoms with van der Waals surface area (Å²) >= 11 is 0. The number of rotatable bonds is 8. The molecule has 2 aromatic carbocycles. The molecule has 0 amide bonds. The number of nitrogens with zero attached hydrogens (tertiary/aromatic N) is 2. The number of halogens is 2. The predicted octanol–water partition coefficient (Wildman–Crippen LogP) is 5.37. The fourth-order valence-corrected chi connectivity index (χ4v) is 7.44. The Hall–Kier alpha value is -3.58. The van der Waals surface area contributed by atoms with Crippen LogP contribution in [0.2, 0.25) is 0 Å². The molecule has 2 aliphatic carbocycles. The van der Waals surface area contributed by atoms with Gasteiger partial charge < -0.3 is 0 Å². The van der Waals surface area contributed by atoms with Crippen LogP contribution < -0.4 is 9.44 Å². The van der Waals surface area contributed by atoms with Crippen molar-refractivity contribution in [2.24, 2.45) is 0 Å². The minimum atomic E-state index is -3.29. The summed E-state index contributed by atoms with van der Waals surface area (Å²) in [6.07, 6.45) is 5.58. The van der Waals surface area contributed by atoms with Gasteiger partial charge in [0.15, 0.2) is 0 Å². The van der Waals surface area contributed by atoms with E-state index in [-0.39, 0.29) is 12.1 Å². The Bertz CT molecular complexity index is 1930. The third-order valence-corrected chi connectivity index (χ3v) is 12.1. The molecule has 0 saturated heterocycles. The second kappa shape index (κ2) is 13.6. The Balaban J connectivity index is 0.000000181. The molecule has 2 heterocycles. The summed E-state index contributed by atoms with van der Waals surface area (Å²) in [6.45, 7) is 6.66. The van der Waals surface area contributed by atoms with E-state index >= 15 is 0 Å². The summed E-state index contributed by atoms with van der Waals surface area (Å²) in [5.74, 6) is -0.999. The molecule has 0 aliphatic heterocycles. The van der Waals surface area contributed by atoms with E-state index in [9.17, 15) is 25.6 Å². The van der Waals surface area contributed by atoms with E-state index in [1.54, 1.807) is 45.9 Å². The van der Waals surface area contributed by atoms with Crippen molar-refractivity contribution in [2.45, 2.75) is 76.0 Å². The minimum absolute atomic E-state index is 0.0982. The van der Waals surface area contributed by atoms with E-state index in [2.05, 4.69) is 19.4 Å². The van der Waals surface area contributed by atoms with Gasteiger partial charge in [0, 0.05) is 35.6 Å². The number of fused-ring (bicyclic) bond motifs is 2. The number of benzene rings is 2. The van der Waals surface area contributed by atoms with Crippen molar-refractivity contribution in [1.82, 2.24) is 19.4 Å². The number of aromatic nitrogens is 2. The van der Waals surface area contributed by atoms with Gasteiger partial charge in [-0.1, -0.05) is 36.4 Å². The predicted molar refractivity (Wildman–Crippen MR) is 176 cm³/mol. The Kier molecular flexibility index (Phi) is 10.0. The quantitative estimate of drug-likeness (QED) is 0.244. The zero-order valence-corrected chi connectivity index (χ0v) is 27.8. The van der Waals surface area contributed by atoms with Gasteiger partial charge in [0.25, 0.3) is 0 Å². The fourth-order valence-electron chi connectivity index (χ4n) is 5.63. The Morgan fingerprint density at radius 2 is 1.15 bits per heavy atom. The maximum atomic E-state index is 13.8. The molecule has 2 aliphatic rings. The van der Waals surface area contributed by atoms with Crippen LogP contribution in [0.25, 0.3) is 22.3 Å². The van der Waals surface area contributed by atoms with E-state index < -0.39 is 42.4 Å². The van der Waals surface area contributed by atoms with Crippen LogP contribution >= 0.6 is 0 Å². The summed E-state index contributed by atoms with van der Waals surface area (Å²) in [6, 6.07) is 17.9. The van der Waals surface area contributed by atoms with Crippen molar-refractivity contribution in [1.29, 1.82) is 0 Å². The summed E-state index contributed by atoms with van der Waals surface area (Å²) < 4.78 is 80.3. The number of hydrogen-bond donors (Lipinski definition) is 2. The fraction of sp³-hybridized carbons (Fsp3) is 0.353. The molecule has 12 heteroatoms. The monoisotopic (exact) mass is 668 g/mol. The largest absolute Gasteiger partial charge is 0.228 e. The SMILES string of the molecule is CC(C)S(=O)(=O)NC1Cc2ccc(-c3ccc(F)nc3)cc2C1.CC(C)S(=O)(=O)NC1Cc2ccc(-c3cccnc3F)cc2C1. The Labute approximate surface area is 269 Å². The van der Waals surface area contributed by atoms with Crippen LogP contribution in [0.3, 0.4) is 0 Å². The minimum Gasteiger partial charge on any atom is -0.228 e. The van der Waals surface area contributed by atoms with Gasteiger partial charge >= 0.3 is 0 Å². The van der Waals surface area contributed by atoms with Crippen molar-refractivity contribution in [2.75, 3.05) is 0 Å². The van der Waals surface area contributed by atoms with Gasteiger partial charge in [0.05, 0.1) is 10.5 Å². The Morgan fingerprint density at radius 3 is 1.65 bits per heavy atom. The summed E-state index contributed by atoms with van der Waals surface area (Å²) in [7, 11) is -6.56. The highest BCUT2D eigenvalue weighted by Gasteiger charge is 2.28. The lowest BCUT2D eigenvalue weighted by atomic mass is 10.0. The third-order valence-electron chi connectivity index (χ3n) is 8.31. The summed E-state index contributed by atoms with van der Waals surface area (Å²) in [5.41, 5.74) is 7.48. The number of sulfonamides is 2. The number of nitrogens with one attached hydrogen (secondary N) is 2. The lowest BCUT2D eigenvalue weighted by Gasteiger charge is -2.14. The van der Waals surface area contributed by atoms with Crippen molar-refractivity contribution >= 4 is 20.0 Å². The number of hydrogen-bond acceptors (Lipinski definition) is 6. The molecular formula is C34H38F2N4O4S2. The lowest BCUT2D eigenvalue weighted by molar-refractivity contribution is 0.546. The maximum absolute atomic E-state index is 13.8. The van der Waals surface area contributed by atoms with Gasteiger partial charge in [-0.15, -0.1) is 0 Å². The molecule has 46 heavy (non-hydrogen) atoms. The first kappa shape index (κ1) is 33.8. The molecule has 2 unspecified atom stereocenters. The molecule has 0 bridgehead atoms. The molecule has 8 nitrogen and oxygen atoms in total. The Morgan fingerprint density at radius 1 is 0.652 bits per heavy atom. The molecule has 244 valence electrons. The molecule has 0 fully saturated rings. The molecule has 2 aromatic heterocycles. The lowest BCUT2D eigenvalue weighted by Crippen LogP contribution is -2.39. The van der Waals surface area contributed by atoms with E-state index in [4.69, 9.17) is 0 Å². The topological polar surface area (TPSA) is 118 Å². The third kappa shape index (κ3) is 7.86. The van der Waals surface area contributed by atoms with Crippen molar-refractivity contribution in [3.8, 4) is 22.3 Å². The van der Waals surface area contributed by atoms with Crippen LogP contribution in [-0.2, 0) is 45.7 Å². The first-order chi connectivity index (χ1) is 21.7. The van der Waals surface area contributed by atoms with E-state index in [0.717, 1.165) is 38.9 Å². The van der Waals surface area contributed by atoms with Crippen molar-refractivity contribution in [3.05, 3.63) is 107 Å². The van der Waals surface area contributed by atoms with E-state index in [0.29, 0.717) is 31.2 Å². The van der Waals surface area contributed by atoms with Gasteiger partial charge in [-0.3, -0.25) is 0 Å². The van der Waals surface area contributed by atoms with Gasteiger partial charge in [-0.05, 0) is 111 Å². The van der Waals surface area contributed by atoms with Crippen LogP contribution in [0.1, 0.15) is 49.9 Å². The molecular weight excluding hydrogens is 631 g/mol. The highest BCUT2D eigenvalue weighted by molar-refractivity contribution is 7.90. The molecule has 6 rings (SSSR count). The number of pyridine rings is 2. The molecule has 2 atom stereocenters. The first-order valence-electron chi connectivity index (χ1n) is 15.2. The van der Waals surface area contributed by atoms with Gasteiger partial charge in [-0.2, -0.15) is 8.78 Å². The standard InChI is InChI=1S/2C17H19FN2O2S/c1-11(2)23(21,22)20-16-8-13-4-3-12(7-15(13)9-16)14-5-6-17(18)19-10-14;1-11(2)23(21,22)20-15-9-12-5-6-13(8-14(12)10-15)16-4-3-7-19-17(16)18/h3-7,10-11,16,20H,8-9H2,1-2H3;3-8,11,15,20H,9-10H2,1-2H3. The molecule has 2 N–H and O–H groups in total. The maximum Gasteiger partial charge on any atom is 0.220 e. The average molecular weight is 669 g/mol. The summed E-state index contributed by atoms with van der Waals surface area (Å²) in [5, 5.41) is -0.890. The summed E-state index contributed by atoms with van der Waals surface area (Å²) in [4.78, 5) is 7.35. The zero-order chi connectivity index (χ0) is 33.2. The van der Waals surface area contributed by atoms with Crippen LogP contribution in [0, 0.1) is 11.9 Å². The van der Waals surface area contributed by atoms with E-state index in [1.807, 2.05) is 36.4 Å². The van der Waals surface area contributed by atoms with Crippen LogP contribution in [-0.4, -0.2) is 49.4 Å². The van der Waals surface area contributed by atoms with Crippen molar-refractivity contribution < 1.29 is 25.6 Å². The van der Waals surface area contributed by atoms with Crippen molar-refractivity contribution in [3.63, 3.8) is 0 Å². The highest BCUT2D eigenvalue weighted by atomic mass is 32.2. The second-order valence-corrected chi connectivity index (χ2v) is 16.8. The second-order valence-electron chi connectivity index (χ2n) is 12.3. The van der Waals surface area contributed by atoms with Gasteiger partial charge in [-0.25, -0.2) is 36.2 Å². The van der Waals surface area contributed by atoms with Gasteiger partial charge in [0.2, 0.25) is 31.9 Å². The normalized spacial score (nSPS) is 17.5. The van der Waals surface area contributed by atoms with Crippen LogP contribution in [0.5, 0.6) is 0 Å². The smallest absolute Gasteiger partial charge is 0.220 e. The van der Waals surface area contributed by atoms with Crippen LogP contribution in [0.4, 0.5) is 8.78 Å². The highest BCUT2D eigenvalue weighted by Crippen LogP contribution is 2.30. The zero-order valence-electron chi connectivity index (χ0n) is 26.2. The molecule has 0 radical (unpaired) electrons. The van der Waals surface area contributed by atoms with E-state index in [1.165, 1.54) is 18.5 Å². The first-order valence-corrected chi connectivity index (χ1v) is 18.3. The molecule has 0 spiro atoms. The average Bonchev–Trinajstić information content (AvgIpc) is 3.59. The molecule has 4 aromatic rings. The molecule has 0 saturated carbocycles. The van der Waals surface area contributed by atoms with Gasteiger partial charge in [0.1, 0.15) is 0 Å². The van der Waals surface area contributed by atoms with Crippen LogP contribution in [0.15, 0.2) is 73.1 Å².